The molecule has 0 aliphatic carbocycles. The van der Waals surface area contributed by atoms with Gasteiger partial charge in [-0.1, -0.05) is 37.1 Å². The van der Waals surface area contributed by atoms with Gasteiger partial charge in [-0.15, -0.1) is 0 Å². The second kappa shape index (κ2) is 7.54. The van der Waals surface area contributed by atoms with Gasteiger partial charge in [-0.25, -0.2) is 0 Å². The minimum atomic E-state index is -0.376. The molecule has 17 heavy (non-hydrogen) atoms. The van der Waals surface area contributed by atoms with E-state index < -0.39 is 0 Å². The van der Waals surface area contributed by atoms with E-state index in [1.54, 1.807) is 0 Å². The van der Waals surface area contributed by atoms with E-state index >= 15 is 0 Å². The lowest BCUT2D eigenvalue weighted by Crippen LogP contribution is -2.14. The highest BCUT2D eigenvalue weighted by molar-refractivity contribution is 5.92. The van der Waals surface area contributed by atoms with Crippen molar-refractivity contribution in [2.75, 3.05) is 11.9 Å². The van der Waals surface area contributed by atoms with Crippen molar-refractivity contribution in [3.63, 3.8) is 0 Å². The molecular formula is C13H18N2O2. The van der Waals surface area contributed by atoms with Crippen molar-refractivity contribution in [2.45, 2.75) is 32.6 Å². The van der Waals surface area contributed by atoms with E-state index in [4.69, 9.17) is 0 Å². The minimum absolute atomic E-state index is 0.335. The third kappa shape index (κ3) is 5.24. The van der Waals surface area contributed by atoms with Crippen molar-refractivity contribution in [1.29, 1.82) is 0 Å². The van der Waals surface area contributed by atoms with Crippen LogP contribution >= 0.6 is 0 Å². The Bertz CT molecular complexity index is 360. The fraction of sp³-hybridized carbons (Fsp3) is 0.462. The third-order valence-corrected chi connectivity index (χ3v) is 2.51. The van der Waals surface area contributed by atoms with Gasteiger partial charge in [0, 0.05) is 5.69 Å². The SMILES string of the molecule is CCCCCc1ccc(NC(=O)CN=O)cc1. The van der Waals surface area contributed by atoms with E-state index in [1.807, 2.05) is 24.3 Å². The Morgan fingerprint density at radius 1 is 1.24 bits per heavy atom. The van der Waals surface area contributed by atoms with Gasteiger partial charge in [-0.05, 0) is 30.5 Å². The van der Waals surface area contributed by atoms with Crippen molar-refractivity contribution < 1.29 is 4.79 Å². The van der Waals surface area contributed by atoms with Crippen LogP contribution in [-0.2, 0) is 11.2 Å². The molecule has 0 aliphatic heterocycles. The maximum Gasteiger partial charge on any atom is 0.249 e. The smallest absolute Gasteiger partial charge is 0.249 e. The second-order valence-corrected chi connectivity index (χ2v) is 3.99. The van der Waals surface area contributed by atoms with Gasteiger partial charge in [-0.2, -0.15) is 4.91 Å². The first-order chi connectivity index (χ1) is 8.26. The molecule has 4 heteroatoms. The van der Waals surface area contributed by atoms with Crippen LogP contribution in [0.15, 0.2) is 29.4 Å². The topological polar surface area (TPSA) is 58.5 Å². The van der Waals surface area contributed by atoms with Gasteiger partial charge in [0.05, 0.1) is 0 Å². The van der Waals surface area contributed by atoms with Crippen LogP contribution in [0.25, 0.3) is 0 Å². The van der Waals surface area contributed by atoms with Crippen molar-refractivity contribution in [3.05, 3.63) is 34.7 Å². The number of nitroso groups, excluding NO2 is 1. The maximum atomic E-state index is 11.1. The van der Waals surface area contributed by atoms with Crippen molar-refractivity contribution in [1.82, 2.24) is 0 Å². The fourth-order valence-electron chi connectivity index (χ4n) is 1.59. The summed E-state index contributed by atoms with van der Waals surface area (Å²) in [4.78, 5) is 21.0. The third-order valence-electron chi connectivity index (χ3n) is 2.51. The number of aryl methyl sites for hydroxylation is 1. The molecule has 0 atom stereocenters. The Balaban J connectivity index is 2.44. The number of rotatable bonds is 7. The summed E-state index contributed by atoms with van der Waals surface area (Å²) >= 11 is 0. The van der Waals surface area contributed by atoms with Crippen LogP contribution in [-0.4, -0.2) is 12.5 Å². The van der Waals surface area contributed by atoms with E-state index in [2.05, 4.69) is 17.4 Å². The summed E-state index contributed by atoms with van der Waals surface area (Å²) in [6.45, 7) is 1.85. The molecule has 1 rings (SSSR count). The number of anilines is 1. The van der Waals surface area contributed by atoms with Crippen molar-refractivity contribution in [2.24, 2.45) is 5.18 Å². The minimum Gasteiger partial charge on any atom is -0.324 e. The maximum absolute atomic E-state index is 11.1. The first-order valence-corrected chi connectivity index (χ1v) is 5.94. The monoisotopic (exact) mass is 234 g/mol. The summed E-state index contributed by atoms with van der Waals surface area (Å²) < 4.78 is 0. The number of unbranched alkanes of at least 4 members (excludes halogenated alkanes) is 2. The number of carbonyl (C=O) groups is 1. The largest absolute Gasteiger partial charge is 0.324 e. The summed E-state index contributed by atoms with van der Waals surface area (Å²) in [5.74, 6) is -0.376. The second-order valence-electron chi connectivity index (χ2n) is 3.99. The first-order valence-electron chi connectivity index (χ1n) is 5.94. The van der Waals surface area contributed by atoms with Gasteiger partial charge >= 0.3 is 0 Å². The van der Waals surface area contributed by atoms with Crippen LogP contribution in [0.2, 0.25) is 0 Å². The van der Waals surface area contributed by atoms with Crippen LogP contribution in [0.5, 0.6) is 0 Å². The first kappa shape index (κ1) is 13.4. The Kier molecular flexibility index (Phi) is 5.93. The zero-order valence-electron chi connectivity index (χ0n) is 10.1. The number of carbonyl (C=O) groups excluding carboxylic acids is 1. The van der Waals surface area contributed by atoms with E-state index in [0.717, 1.165) is 6.42 Å². The predicted octanol–water partition coefficient (Wildman–Crippen LogP) is 3.12. The van der Waals surface area contributed by atoms with Gasteiger partial charge < -0.3 is 5.32 Å². The van der Waals surface area contributed by atoms with Crippen molar-refractivity contribution in [3.8, 4) is 0 Å². The molecule has 0 unspecified atom stereocenters. The molecule has 0 radical (unpaired) electrons. The molecule has 0 spiro atoms. The highest BCUT2D eigenvalue weighted by Gasteiger charge is 2.01. The molecule has 0 aromatic heterocycles. The molecule has 0 heterocycles. The Hall–Kier alpha value is -1.71. The summed E-state index contributed by atoms with van der Waals surface area (Å²) in [5.41, 5.74) is 1.97. The summed E-state index contributed by atoms with van der Waals surface area (Å²) in [6.07, 6.45) is 4.71. The lowest BCUT2D eigenvalue weighted by molar-refractivity contribution is -0.114. The highest BCUT2D eigenvalue weighted by atomic mass is 16.3. The molecule has 1 N–H and O–H groups in total. The molecule has 1 amide bonds. The van der Waals surface area contributed by atoms with E-state index in [1.165, 1.54) is 24.8 Å². The molecule has 0 saturated carbocycles. The Labute approximate surface area is 101 Å². The number of hydrogen-bond acceptors (Lipinski definition) is 3. The van der Waals surface area contributed by atoms with Crippen molar-refractivity contribution >= 4 is 11.6 Å². The molecule has 0 saturated heterocycles. The number of nitrogens with zero attached hydrogens (tertiary/aromatic N) is 1. The van der Waals surface area contributed by atoms with E-state index in [9.17, 15) is 9.70 Å². The van der Waals surface area contributed by atoms with Gasteiger partial charge in [0.2, 0.25) is 5.91 Å². The standard InChI is InChI=1S/C13H18N2O2/c1-2-3-4-5-11-6-8-12(9-7-11)15-13(16)10-14-17/h6-9H,2-5,10H2,1H3,(H,15,16). The van der Waals surface area contributed by atoms with E-state index in [0.29, 0.717) is 5.69 Å². The van der Waals surface area contributed by atoms with Gasteiger partial charge in [0.1, 0.15) is 0 Å². The number of nitrogens with one attached hydrogen (secondary N) is 1. The number of hydrogen-bond donors (Lipinski definition) is 1. The van der Waals surface area contributed by atoms with Crippen LogP contribution in [0, 0.1) is 4.91 Å². The average molecular weight is 234 g/mol. The Morgan fingerprint density at radius 3 is 2.53 bits per heavy atom. The average Bonchev–Trinajstić information content (AvgIpc) is 2.32. The quantitative estimate of drug-likeness (QED) is 0.582. The molecule has 0 bridgehead atoms. The van der Waals surface area contributed by atoms with E-state index in [-0.39, 0.29) is 12.5 Å². The van der Waals surface area contributed by atoms with Crippen LogP contribution in [0.4, 0.5) is 5.69 Å². The predicted molar refractivity (Wildman–Crippen MR) is 69.0 cm³/mol. The molecule has 0 fully saturated rings. The molecule has 92 valence electrons. The Morgan fingerprint density at radius 2 is 1.94 bits per heavy atom. The lowest BCUT2D eigenvalue weighted by atomic mass is 10.1. The molecule has 1 aromatic rings. The van der Waals surface area contributed by atoms with Crippen LogP contribution in [0.3, 0.4) is 0 Å². The normalized spacial score (nSPS) is 9.94. The van der Waals surface area contributed by atoms with Gasteiger partial charge in [0.15, 0.2) is 6.54 Å². The van der Waals surface area contributed by atoms with Crippen LogP contribution in [0.1, 0.15) is 31.7 Å². The molecule has 4 nitrogen and oxygen atoms in total. The number of benzene rings is 1. The molecule has 1 aromatic carbocycles. The highest BCUT2D eigenvalue weighted by Crippen LogP contribution is 2.12. The fourth-order valence-corrected chi connectivity index (χ4v) is 1.59. The van der Waals surface area contributed by atoms with Gasteiger partial charge in [-0.3, -0.25) is 4.79 Å². The molecular weight excluding hydrogens is 216 g/mol. The number of amides is 1. The summed E-state index contributed by atoms with van der Waals surface area (Å²) in [7, 11) is 0. The lowest BCUT2D eigenvalue weighted by Gasteiger charge is -2.04. The molecule has 0 aliphatic rings. The zero-order chi connectivity index (χ0) is 12.5. The van der Waals surface area contributed by atoms with Gasteiger partial charge in [0.25, 0.3) is 0 Å². The van der Waals surface area contributed by atoms with Crippen LogP contribution < -0.4 is 5.32 Å². The zero-order valence-corrected chi connectivity index (χ0v) is 10.1. The summed E-state index contributed by atoms with van der Waals surface area (Å²) in [5, 5.41) is 5.14. The summed E-state index contributed by atoms with van der Waals surface area (Å²) in [6, 6.07) is 7.70.